The summed E-state index contributed by atoms with van der Waals surface area (Å²) in [6.45, 7) is 0. The second kappa shape index (κ2) is 4.31. The van der Waals surface area contributed by atoms with Crippen molar-refractivity contribution in [2.75, 3.05) is 5.73 Å². The molecule has 0 fully saturated rings. The predicted octanol–water partition coefficient (Wildman–Crippen LogP) is 3.76. The first-order valence-corrected chi connectivity index (χ1v) is 5.76. The van der Waals surface area contributed by atoms with Crippen molar-refractivity contribution in [3.8, 4) is 11.1 Å². The minimum absolute atomic E-state index is 0.184. The summed E-state index contributed by atoms with van der Waals surface area (Å²) in [6.07, 6.45) is 0. The summed E-state index contributed by atoms with van der Waals surface area (Å²) in [7, 11) is 0. The summed E-state index contributed by atoms with van der Waals surface area (Å²) in [6, 6.07) is 12.3. The molecule has 4 heteroatoms. The average molecular weight is 256 g/mol. The Labute approximate surface area is 108 Å². The molecular formula is C15H10F2N2. The molecule has 0 saturated heterocycles. The topological polar surface area (TPSA) is 38.9 Å². The molecule has 0 unspecified atom stereocenters. The van der Waals surface area contributed by atoms with E-state index in [9.17, 15) is 8.78 Å². The smallest absolute Gasteiger partial charge is 0.132 e. The first kappa shape index (κ1) is 11.6. The van der Waals surface area contributed by atoms with Crippen LogP contribution in [0, 0.1) is 11.6 Å². The lowest BCUT2D eigenvalue weighted by Gasteiger charge is -2.08. The van der Waals surface area contributed by atoms with Gasteiger partial charge in [0.05, 0.1) is 5.52 Å². The van der Waals surface area contributed by atoms with Gasteiger partial charge in [-0.05, 0) is 24.3 Å². The third kappa shape index (κ3) is 1.91. The van der Waals surface area contributed by atoms with Crippen LogP contribution in [0.25, 0.3) is 22.0 Å². The summed E-state index contributed by atoms with van der Waals surface area (Å²) in [5.41, 5.74) is 7.01. The normalized spacial score (nSPS) is 10.8. The van der Waals surface area contributed by atoms with Gasteiger partial charge >= 0.3 is 0 Å². The van der Waals surface area contributed by atoms with Gasteiger partial charge in [0.15, 0.2) is 0 Å². The van der Waals surface area contributed by atoms with Gasteiger partial charge in [0.2, 0.25) is 0 Å². The molecule has 0 aliphatic rings. The van der Waals surface area contributed by atoms with Crippen LogP contribution in [0.2, 0.25) is 0 Å². The van der Waals surface area contributed by atoms with E-state index in [2.05, 4.69) is 4.98 Å². The Balaban J connectivity index is 2.33. The highest BCUT2D eigenvalue weighted by Gasteiger charge is 2.12. The molecular weight excluding hydrogens is 246 g/mol. The number of pyridine rings is 1. The molecule has 1 aromatic heterocycles. The molecule has 19 heavy (non-hydrogen) atoms. The molecule has 0 saturated carbocycles. The Bertz CT molecular complexity index is 769. The zero-order valence-electron chi connectivity index (χ0n) is 9.90. The highest BCUT2D eigenvalue weighted by molar-refractivity contribution is 5.89. The standard InChI is InChI=1S/C15H10F2N2/c16-12-5-2-1-4-9(12)10-8-11-13(17)6-3-7-14(11)19-15(10)18/h1-8H,(H2,18,19). The van der Waals surface area contributed by atoms with Gasteiger partial charge in [0.25, 0.3) is 0 Å². The average Bonchev–Trinajstić information content (AvgIpc) is 2.39. The van der Waals surface area contributed by atoms with Crippen LogP contribution in [-0.2, 0) is 0 Å². The fourth-order valence-corrected chi connectivity index (χ4v) is 2.07. The van der Waals surface area contributed by atoms with Crippen LogP contribution in [-0.4, -0.2) is 4.98 Å². The lowest BCUT2D eigenvalue weighted by molar-refractivity contribution is 0.631. The maximum Gasteiger partial charge on any atom is 0.132 e. The molecule has 1 heterocycles. The van der Waals surface area contributed by atoms with Crippen molar-refractivity contribution in [3.63, 3.8) is 0 Å². The fourth-order valence-electron chi connectivity index (χ4n) is 2.07. The van der Waals surface area contributed by atoms with E-state index < -0.39 is 11.6 Å². The molecule has 0 amide bonds. The van der Waals surface area contributed by atoms with Crippen LogP contribution in [0.5, 0.6) is 0 Å². The van der Waals surface area contributed by atoms with E-state index in [0.717, 1.165) is 0 Å². The Kier molecular flexibility index (Phi) is 2.63. The van der Waals surface area contributed by atoms with Gasteiger partial charge in [-0.15, -0.1) is 0 Å². The van der Waals surface area contributed by atoms with Crippen molar-refractivity contribution in [1.29, 1.82) is 0 Å². The zero-order chi connectivity index (χ0) is 13.4. The van der Waals surface area contributed by atoms with Gasteiger partial charge in [-0.1, -0.05) is 24.3 Å². The molecule has 0 atom stereocenters. The minimum atomic E-state index is -0.410. The summed E-state index contributed by atoms with van der Waals surface area (Å²) >= 11 is 0. The number of hydrogen-bond donors (Lipinski definition) is 1. The maximum absolute atomic E-state index is 13.8. The highest BCUT2D eigenvalue weighted by atomic mass is 19.1. The molecule has 2 nitrogen and oxygen atoms in total. The third-order valence-corrected chi connectivity index (χ3v) is 3.00. The number of nitrogens with two attached hydrogens (primary N) is 1. The number of hydrogen-bond acceptors (Lipinski definition) is 2. The molecule has 2 aromatic carbocycles. The van der Waals surface area contributed by atoms with E-state index in [-0.39, 0.29) is 5.82 Å². The Morgan fingerprint density at radius 2 is 1.58 bits per heavy atom. The maximum atomic E-state index is 13.8. The molecule has 2 N–H and O–H groups in total. The molecule has 0 bridgehead atoms. The van der Waals surface area contributed by atoms with Crippen LogP contribution >= 0.6 is 0 Å². The summed E-state index contributed by atoms with van der Waals surface area (Å²) in [5, 5.41) is 0.329. The van der Waals surface area contributed by atoms with Crippen molar-refractivity contribution in [3.05, 3.63) is 60.2 Å². The third-order valence-electron chi connectivity index (χ3n) is 3.00. The quantitative estimate of drug-likeness (QED) is 0.720. The van der Waals surface area contributed by atoms with Crippen molar-refractivity contribution in [2.45, 2.75) is 0 Å². The van der Waals surface area contributed by atoms with E-state index in [1.54, 1.807) is 30.3 Å². The molecule has 0 aliphatic heterocycles. The minimum Gasteiger partial charge on any atom is -0.383 e. The van der Waals surface area contributed by atoms with E-state index in [1.807, 2.05) is 0 Å². The summed E-state index contributed by atoms with van der Waals surface area (Å²) in [4.78, 5) is 4.13. The van der Waals surface area contributed by atoms with Crippen LogP contribution in [0.1, 0.15) is 0 Å². The van der Waals surface area contributed by atoms with E-state index in [4.69, 9.17) is 5.73 Å². The number of benzene rings is 2. The zero-order valence-corrected chi connectivity index (χ0v) is 9.90. The SMILES string of the molecule is Nc1nc2cccc(F)c2cc1-c1ccccc1F. The van der Waals surface area contributed by atoms with Gasteiger partial charge in [0, 0.05) is 16.5 Å². The number of aromatic nitrogens is 1. The lowest BCUT2D eigenvalue weighted by Crippen LogP contribution is -1.97. The van der Waals surface area contributed by atoms with Crippen LogP contribution in [0.15, 0.2) is 48.5 Å². The monoisotopic (exact) mass is 256 g/mol. The van der Waals surface area contributed by atoms with Crippen LogP contribution < -0.4 is 5.73 Å². The van der Waals surface area contributed by atoms with Gasteiger partial charge in [-0.2, -0.15) is 0 Å². The number of rotatable bonds is 1. The Hall–Kier alpha value is -2.49. The van der Waals surface area contributed by atoms with E-state index >= 15 is 0 Å². The predicted molar refractivity (Wildman–Crippen MR) is 71.5 cm³/mol. The summed E-state index contributed by atoms with van der Waals surface area (Å²) < 4.78 is 27.5. The van der Waals surface area contributed by atoms with Gasteiger partial charge < -0.3 is 5.73 Å². The van der Waals surface area contributed by atoms with Gasteiger partial charge in [-0.25, -0.2) is 13.8 Å². The largest absolute Gasteiger partial charge is 0.383 e. The van der Waals surface area contributed by atoms with Crippen LogP contribution in [0.3, 0.4) is 0 Å². The first-order chi connectivity index (χ1) is 9.16. The fraction of sp³-hybridized carbons (Fsp3) is 0. The number of anilines is 1. The van der Waals surface area contributed by atoms with Gasteiger partial charge in [-0.3, -0.25) is 0 Å². The van der Waals surface area contributed by atoms with E-state index in [1.165, 1.54) is 18.2 Å². The number of nitrogen functional groups attached to an aromatic ring is 1. The van der Waals surface area contributed by atoms with Crippen molar-refractivity contribution in [2.24, 2.45) is 0 Å². The number of halogens is 2. The molecule has 0 aliphatic carbocycles. The second-order valence-electron chi connectivity index (χ2n) is 4.21. The van der Waals surface area contributed by atoms with Gasteiger partial charge in [0.1, 0.15) is 17.5 Å². The van der Waals surface area contributed by atoms with E-state index in [0.29, 0.717) is 22.0 Å². The Morgan fingerprint density at radius 1 is 0.842 bits per heavy atom. The highest BCUT2D eigenvalue weighted by Crippen LogP contribution is 2.30. The van der Waals surface area contributed by atoms with Crippen molar-refractivity contribution in [1.82, 2.24) is 4.98 Å². The van der Waals surface area contributed by atoms with Crippen molar-refractivity contribution >= 4 is 16.7 Å². The van der Waals surface area contributed by atoms with Crippen molar-refractivity contribution < 1.29 is 8.78 Å². The molecule has 3 aromatic rings. The molecule has 0 spiro atoms. The first-order valence-electron chi connectivity index (χ1n) is 5.76. The molecule has 94 valence electrons. The van der Waals surface area contributed by atoms with Crippen LogP contribution in [0.4, 0.5) is 14.6 Å². The molecule has 0 radical (unpaired) electrons. The number of fused-ring (bicyclic) bond motifs is 1. The Morgan fingerprint density at radius 3 is 2.37 bits per heavy atom. The second-order valence-corrected chi connectivity index (χ2v) is 4.21. The molecule has 3 rings (SSSR count). The lowest BCUT2D eigenvalue weighted by atomic mass is 10.0. The number of nitrogens with zero attached hydrogens (tertiary/aromatic N) is 1. The summed E-state index contributed by atoms with van der Waals surface area (Å²) in [5.74, 6) is -0.627.